The number of H-pyrrole nitrogens is 1. The molecule has 3 heteroatoms. The van der Waals surface area contributed by atoms with Gasteiger partial charge in [0.1, 0.15) is 0 Å². The zero-order valence-electron chi connectivity index (χ0n) is 7.82. The molecule has 70 valence electrons. The van der Waals surface area contributed by atoms with Crippen LogP contribution >= 0.6 is 0 Å². The molecule has 0 amide bonds. The van der Waals surface area contributed by atoms with Gasteiger partial charge < -0.3 is 4.98 Å². The molecule has 3 nitrogen and oxygen atoms in total. The summed E-state index contributed by atoms with van der Waals surface area (Å²) in [5.41, 5.74) is 3.10. The van der Waals surface area contributed by atoms with Gasteiger partial charge in [-0.05, 0) is 18.6 Å². The minimum Gasteiger partial charge on any atom is -0.336 e. The average Bonchev–Trinajstić information content (AvgIpc) is 2.66. The normalized spacial score (nSPS) is 10.1. The van der Waals surface area contributed by atoms with Crippen LogP contribution in [0.1, 0.15) is 16.2 Å². The highest BCUT2D eigenvalue weighted by Crippen LogP contribution is 2.17. The minimum atomic E-state index is 0.363. The van der Waals surface area contributed by atoms with Crippen molar-refractivity contribution in [3.8, 4) is 11.3 Å². The number of carbonyl (C=O) groups excluding carboxylic acids is 1. The molecule has 0 aliphatic rings. The number of hydrogen-bond donors (Lipinski definition) is 1. The van der Waals surface area contributed by atoms with Gasteiger partial charge in [0, 0.05) is 0 Å². The van der Waals surface area contributed by atoms with E-state index >= 15 is 0 Å². The maximum atomic E-state index is 10.4. The molecule has 1 N–H and O–H groups in total. The Bertz CT molecular complexity index is 460. The van der Waals surface area contributed by atoms with E-state index in [9.17, 15) is 4.79 Å². The molecule has 0 aliphatic carbocycles. The molecule has 2 aromatic rings. The van der Waals surface area contributed by atoms with Crippen molar-refractivity contribution in [2.24, 2.45) is 0 Å². The van der Waals surface area contributed by atoms with Crippen LogP contribution < -0.4 is 0 Å². The molecule has 1 heterocycles. The van der Waals surface area contributed by atoms with Crippen LogP contribution in [-0.4, -0.2) is 16.3 Å². The maximum Gasteiger partial charge on any atom is 0.185 e. The highest BCUT2D eigenvalue weighted by atomic mass is 16.1. The van der Waals surface area contributed by atoms with Gasteiger partial charge in [0.2, 0.25) is 0 Å². The third-order valence-corrected chi connectivity index (χ3v) is 2.04. The van der Waals surface area contributed by atoms with Gasteiger partial charge in [0.05, 0.1) is 11.9 Å². The number of aromatic nitrogens is 2. The number of hydrogen-bond acceptors (Lipinski definition) is 2. The second-order valence-electron chi connectivity index (χ2n) is 3.17. The van der Waals surface area contributed by atoms with E-state index in [-0.39, 0.29) is 0 Å². The molecule has 0 bridgehead atoms. The van der Waals surface area contributed by atoms with E-state index in [2.05, 4.69) is 9.97 Å². The molecule has 0 saturated heterocycles. The zero-order chi connectivity index (χ0) is 9.97. The number of rotatable bonds is 2. The fourth-order valence-corrected chi connectivity index (χ4v) is 1.36. The summed E-state index contributed by atoms with van der Waals surface area (Å²) in [5.74, 6) is 0.363. The summed E-state index contributed by atoms with van der Waals surface area (Å²) in [6.07, 6.45) is 2.37. The molecular formula is C11H10N2O. The van der Waals surface area contributed by atoms with Crippen molar-refractivity contribution in [1.29, 1.82) is 0 Å². The first-order valence-corrected chi connectivity index (χ1v) is 4.37. The molecule has 0 spiro atoms. The van der Waals surface area contributed by atoms with Gasteiger partial charge in [0.15, 0.2) is 12.1 Å². The van der Waals surface area contributed by atoms with Crippen LogP contribution in [0.5, 0.6) is 0 Å². The summed E-state index contributed by atoms with van der Waals surface area (Å²) >= 11 is 0. The molecular weight excluding hydrogens is 176 g/mol. The number of aryl methyl sites for hydroxylation is 1. The Kier molecular flexibility index (Phi) is 2.14. The summed E-state index contributed by atoms with van der Waals surface area (Å²) < 4.78 is 0. The van der Waals surface area contributed by atoms with Gasteiger partial charge in [0.25, 0.3) is 0 Å². The Morgan fingerprint density at radius 1 is 1.43 bits per heavy atom. The highest BCUT2D eigenvalue weighted by Gasteiger charge is 2.01. The number of nitrogens with zero attached hydrogens (tertiary/aromatic N) is 1. The number of benzene rings is 1. The lowest BCUT2D eigenvalue weighted by molar-refractivity contribution is 0.111. The first-order chi connectivity index (χ1) is 6.79. The summed E-state index contributed by atoms with van der Waals surface area (Å²) in [5, 5.41) is 0. The third kappa shape index (κ3) is 1.57. The molecule has 0 radical (unpaired) electrons. The van der Waals surface area contributed by atoms with Crippen molar-refractivity contribution < 1.29 is 4.79 Å². The predicted molar refractivity (Wildman–Crippen MR) is 54.1 cm³/mol. The van der Waals surface area contributed by atoms with Crippen molar-refractivity contribution >= 4 is 6.29 Å². The molecule has 0 atom stereocenters. The number of imidazole rings is 1. The van der Waals surface area contributed by atoms with E-state index in [4.69, 9.17) is 0 Å². The fraction of sp³-hybridized carbons (Fsp3) is 0.0909. The van der Waals surface area contributed by atoms with E-state index < -0.39 is 0 Å². The van der Waals surface area contributed by atoms with Gasteiger partial charge in [-0.1, -0.05) is 23.8 Å². The molecule has 1 aromatic carbocycles. The largest absolute Gasteiger partial charge is 0.336 e. The van der Waals surface area contributed by atoms with Crippen molar-refractivity contribution in [3.63, 3.8) is 0 Å². The SMILES string of the molecule is Cc1cccc(-c2cnc(C=O)[nH]2)c1. The van der Waals surface area contributed by atoms with E-state index in [1.165, 1.54) is 5.56 Å². The predicted octanol–water partition coefficient (Wildman–Crippen LogP) is 2.20. The van der Waals surface area contributed by atoms with E-state index in [0.717, 1.165) is 11.3 Å². The van der Waals surface area contributed by atoms with Crippen LogP contribution in [0.4, 0.5) is 0 Å². The second kappa shape index (κ2) is 3.46. The summed E-state index contributed by atoms with van der Waals surface area (Å²) in [6, 6.07) is 8.03. The minimum absolute atomic E-state index is 0.363. The van der Waals surface area contributed by atoms with E-state index in [0.29, 0.717) is 12.1 Å². The molecule has 0 saturated carbocycles. The number of carbonyl (C=O) groups is 1. The summed E-state index contributed by atoms with van der Waals surface area (Å²) in [4.78, 5) is 17.3. The lowest BCUT2D eigenvalue weighted by atomic mass is 10.1. The topological polar surface area (TPSA) is 45.8 Å². The molecule has 0 fully saturated rings. The van der Waals surface area contributed by atoms with Crippen molar-refractivity contribution in [2.75, 3.05) is 0 Å². The van der Waals surface area contributed by atoms with Gasteiger partial charge >= 0.3 is 0 Å². The van der Waals surface area contributed by atoms with Gasteiger partial charge in [-0.15, -0.1) is 0 Å². The smallest absolute Gasteiger partial charge is 0.185 e. The second-order valence-corrected chi connectivity index (χ2v) is 3.17. The quantitative estimate of drug-likeness (QED) is 0.731. The number of aldehydes is 1. The lowest BCUT2D eigenvalue weighted by Crippen LogP contribution is -1.82. The number of nitrogens with one attached hydrogen (secondary N) is 1. The average molecular weight is 186 g/mol. The van der Waals surface area contributed by atoms with Gasteiger partial charge in [-0.3, -0.25) is 4.79 Å². The molecule has 1 aromatic heterocycles. The Morgan fingerprint density at radius 3 is 2.93 bits per heavy atom. The molecule has 2 rings (SSSR count). The van der Waals surface area contributed by atoms with E-state index in [1.54, 1.807) is 6.20 Å². The highest BCUT2D eigenvalue weighted by molar-refractivity contribution is 5.71. The standard InChI is InChI=1S/C11H10N2O/c1-8-3-2-4-9(5-8)10-6-12-11(7-14)13-10/h2-7H,1H3,(H,12,13). The Balaban J connectivity index is 2.43. The molecule has 0 unspecified atom stereocenters. The van der Waals surface area contributed by atoms with Gasteiger partial charge in [-0.2, -0.15) is 0 Å². The Morgan fingerprint density at radius 2 is 2.29 bits per heavy atom. The van der Waals surface area contributed by atoms with Crippen LogP contribution in [0, 0.1) is 6.92 Å². The van der Waals surface area contributed by atoms with Crippen LogP contribution in [0.15, 0.2) is 30.5 Å². The number of aromatic amines is 1. The first kappa shape index (κ1) is 8.69. The van der Waals surface area contributed by atoms with Crippen molar-refractivity contribution in [1.82, 2.24) is 9.97 Å². The molecule has 14 heavy (non-hydrogen) atoms. The third-order valence-electron chi connectivity index (χ3n) is 2.04. The van der Waals surface area contributed by atoms with Crippen LogP contribution in [0.3, 0.4) is 0 Å². The summed E-state index contributed by atoms with van der Waals surface area (Å²) in [6.45, 7) is 2.03. The zero-order valence-corrected chi connectivity index (χ0v) is 7.82. The molecule has 0 aliphatic heterocycles. The Hall–Kier alpha value is -1.90. The lowest BCUT2D eigenvalue weighted by Gasteiger charge is -1.97. The monoisotopic (exact) mass is 186 g/mol. The fourth-order valence-electron chi connectivity index (χ4n) is 1.36. The van der Waals surface area contributed by atoms with Crippen LogP contribution in [-0.2, 0) is 0 Å². The van der Waals surface area contributed by atoms with Crippen LogP contribution in [0.25, 0.3) is 11.3 Å². The van der Waals surface area contributed by atoms with Crippen LogP contribution in [0.2, 0.25) is 0 Å². The Labute approximate surface area is 81.8 Å². The maximum absolute atomic E-state index is 10.4. The van der Waals surface area contributed by atoms with E-state index in [1.807, 2.05) is 31.2 Å². The first-order valence-electron chi connectivity index (χ1n) is 4.37. The van der Waals surface area contributed by atoms with Crippen molar-refractivity contribution in [3.05, 3.63) is 41.9 Å². The van der Waals surface area contributed by atoms with Crippen molar-refractivity contribution in [2.45, 2.75) is 6.92 Å². The summed E-state index contributed by atoms with van der Waals surface area (Å²) in [7, 11) is 0. The van der Waals surface area contributed by atoms with Gasteiger partial charge in [-0.25, -0.2) is 4.98 Å².